The van der Waals surface area contributed by atoms with Gasteiger partial charge in [0.15, 0.2) is 0 Å². The molecule has 0 saturated carbocycles. The summed E-state index contributed by atoms with van der Waals surface area (Å²) in [6.45, 7) is 9.60. The SMILES string of the molecule is CC1(C)c2ccccc2-c2c1ccc1c2C(C)(C)c2ccc(-c3cccc(-c4c5ccccc5c(-c5ccccc5)c5ccccc45)c3)cc2-1. The zero-order chi connectivity index (χ0) is 33.8. The minimum absolute atomic E-state index is 0.00888. The first-order chi connectivity index (χ1) is 24.3. The van der Waals surface area contributed by atoms with Crippen LogP contribution in [-0.2, 0) is 10.8 Å². The molecule has 238 valence electrons. The predicted octanol–water partition coefficient (Wildman–Crippen LogP) is 13.6. The maximum atomic E-state index is 2.45. The van der Waals surface area contributed by atoms with Crippen molar-refractivity contribution < 1.29 is 0 Å². The van der Waals surface area contributed by atoms with Crippen LogP contribution in [0.2, 0.25) is 0 Å². The van der Waals surface area contributed by atoms with Gasteiger partial charge < -0.3 is 0 Å². The maximum absolute atomic E-state index is 2.45. The average Bonchev–Trinajstić information content (AvgIpc) is 3.53. The highest BCUT2D eigenvalue weighted by atomic mass is 14.5. The summed E-state index contributed by atoms with van der Waals surface area (Å²) in [6, 6.07) is 58.9. The second-order valence-corrected chi connectivity index (χ2v) is 15.3. The molecule has 2 aliphatic rings. The highest BCUT2D eigenvalue weighted by Gasteiger charge is 2.44. The van der Waals surface area contributed by atoms with Crippen LogP contribution in [0.15, 0.2) is 158 Å². The van der Waals surface area contributed by atoms with Crippen molar-refractivity contribution in [1.82, 2.24) is 0 Å². The molecular formula is C50H38. The molecule has 0 atom stereocenters. The number of hydrogen-bond donors (Lipinski definition) is 0. The Morgan fingerprint density at radius 3 is 1.52 bits per heavy atom. The number of hydrogen-bond acceptors (Lipinski definition) is 0. The first-order valence-electron chi connectivity index (χ1n) is 17.9. The Labute approximate surface area is 294 Å². The highest BCUT2D eigenvalue weighted by molar-refractivity contribution is 6.21. The van der Waals surface area contributed by atoms with Crippen LogP contribution in [0.4, 0.5) is 0 Å². The summed E-state index contributed by atoms with van der Waals surface area (Å²) < 4.78 is 0. The van der Waals surface area contributed by atoms with E-state index in [1.165, 1.54) is 99.4 Å². The smallest absolute Gasteiger partial charge is 0.0165 e. The molecule has 0 amide bonds. The van der Waals surface area contributed by atoms with Gasteiger partial charge in [0.05, 0.1) is 0 Å². The minimum atomic E-state index is -0.0950. The Morgan fingerprint density at radius 2 is 0.820 bits per heavy atom. The molecule has 8 aromatic carbocycles. The largest absolute Gasteiger partial charge is 0.0622 e. The van der Waals surface area contributed by atoms with E-state index in [4.69, 9.17) is 0 Å². The summed E-state index contributed by atoms with van der Waals surface area (Å²) in [5.74, 6) is 0. The molecule has 0 heterocycles. The van der Waals surface area contributed by atoms with Crippen molar-refractivity contribution in [2.24, 2.45) is 0 Å². The first kappa shape index (κ1) is 29.2. The Bertz CT molecular complexity index is 2630. The van der Waals surface area contributed by atoms with E-state index < -0.39 is 0 Å². The summed E-state index contributed by atoms with van der Waals surface area (Å²) in [5, 5.41) is 5.13. The molecular weight excluding hydrogens is 601 g/mol. The first-order valence-corrected chi connectivity index (χ1v) is 17.9. The van der Waals surface area contributed by atoms with Crippen LogP contribution in [0.3, 0.4) is 0 Å². The quantitative estimate of drug-likeness (QED) is 0.169. The predicted molar refractivity (Wildman–Crippen MR) is 213 cm³/mol. The molecule has 0 unspecified atom stereocenters. The summed E-state index contributed by atoms with van der Waals surface area (Å²) in [5.41, 5.74) is 18.8. The van der Waals surface area contributed by atoms with Crippen LogP contribution >= 0.6 is 0 Å². The van der Waals surface area contributed by atoms with Crippen LogP contribution in [0.25, 0.3) is 77.2 Å². The zero-order valence-corrected chi connectivity index (χ0v) is 29.0. The summed E-state index contributed by atoms with van der Waals surface area (Å²) >= 11 is 0. The molecule has 50 heavy (non-hydrogen) atoms. The molecule has 0 saturated heterocycles. The van der Waals surface area contributed by atoms with Crippen LogP contribution in [0, 0.1) is 0 Å². The van der Waals surface area contributed by atoms with Gasteiger partial charge in [-0.1, -0.05) is 173 Å². The molecule has 0 N–H and O–H groups in total. The van der Waals surface area contributed by atoms with Gasteiger partial charge in [-0.05, 0) is 112 Å². The lowest BCUT2D eigenvalue weighted by molar-refractivity contribution is 0.647. The minimum Gasteiger partial charge on any atom is -0.0622 e. The summed E-state index contributed by atoms with van der Waals surface area (Å²) in [6.07, 6.45) is 0. The third-order valence-electron chi connectivity index (χ3n) is 11.8. The van der Waals surface area contributed by atoms with Gasteiger partial charge in [0.1, 0.15) is 0 Å². The van der Waals surface area contributed by atoms with Crippen molar-refractivity contribution in [3.05, 3.63) is 180 Å². The average molecular weight is 639 g/mol. The van der Waals surface area contributed by atoms with E-state index in [-0.39, 0.29) is 10.8 Å². The fourth-order valence-electron chi connectivity index (χ4n) is 9.50. The molecule has 0 heteroatoms. The van der Waals surface area contributed by atoms with Crippen molar-refractivity contribution in [3.8, 4) is 55.6 Å². The monoisotopic (exact) mass is 638 g/mol. The standard InChI is InChI=1S/C50H38/c1-49(2)42-24-13-12-23-40(42)47-44(49)28-26-39-41-30-33(25-27-43(41)50(3,4)48(39)47)32-17-14-18-34(29-32)46-37-21-10-8-19-35(37)45(31-15-6-5-7-16-31)36-20-9-11-22-38(36)46/h5-30H,1-4H3. The van der Waals surface area contributed by atoms with Crippen molar-refractivity contribution in [1.29, 1.82) is 0 Å². The maximum Gasteiger partial charge on any atom is 0.0165 e. The lowest BCUT2D eigenvalue weighted by Crippen LogP contribution is -2.18. The van der Waals surface area contributed by atoms with Gasteiger partial charge >= 0.3 is 0 Å². The van der Waals surface area contributed by atoms with Crippen LogP contribution in [0.1, 0.15) is 49.9 Å². The van der Waals surface area contributed by atoms with E-state index in [1.807, 2.05) is 0 Å². The Kier molecular flexibility index (Phi) is 6.07. The fourth-order valence-corrected chi connectivity index (χ4v) is 9.50. The number of fused-ring (bicyclic) bond motifs is 9. The van der Waals surface area contributed by atoms with Gasteiger partial charge in [-0.25, -0.2) is 0 Å². The van der Waals surface area contributed by atoms with E-state index in [2.05, 4.69) is 185 Å². The third-order valence-corrected chi connectivity index (χ3v) is 11.8. The molecule has 0 nitrogen and oxygen atoms in total. The van der Waals surface area contributed by atoms with Crippen LogP contribution in [0.5, 0.6) is 0 Å². The molecule has 2 aliphatic carbocycles. The second-order valence-electron chi connectivity index (χ2n) is 15.3. The second kappa shape index (κ2) is 10.4. The summed E-state index contributed by atoms with van der Waals surface area (Å²) in [4.78, 5) is 0. The molecule has 0 aromatic heterocycles. The number of benzene rings is 8. The molecule has 10 rings (SSSR count). The molecule has 0 fully saturated rings. The molecule has 0 aliphatic heterocycles. The van der Waals surface area contributed by atoms with Gasteiger partial charge in [-0.2, -0.15) is 0 Å². The lowest BCUT2D eigenvalue weighted by Gasteiger charge is -2.26. The topological polar surface area (TPSA) is 0 Å². The number of rotatable bonds is 3. The lowest BCUT2D eigenvalue weighted by atomic mass is 9.77. The normalized spacial score (nSPS) is 14.7. The van der Waals surface area contributed by atoms with Crippen LogP contribution < -0.4 is 0 Å². The van der Waals surface area contributed by atoms with E-state index in [0.717, 1.165) is 0 Å². The van der Waals surface area contributed by atoms with Gasteiger partial charge in [0.2, 0.25) is 0 Å². The van der Waals surface area contributed by atoms with Crippen molar-refractivity contribution >= 4 is 21.5 Å². The fraction of sp³-hybridized carbons (Fsp3) is 0.120. The molecule has 0 spiro atoms. The molecule has 8 aromatic rings. The van der Waals surface area contributed by atoms with E-state index >= 15 is 0 Å². The van der Waals surface area contributed by atoms with Crippen LogP contribution in [-0.4, -0.2) is 0 Å². The summed E-state index contributed by atoms with van der Waals surface area (Å²) in [7, 11) is 0. The third kappa shape index (κ3) is 3.94. The Hall–Kier alpha value is -5.72. The molecule has 0 radical (unpaired) electrons. The van der Waals surface area contributed by atoms with Gasteiger partial charge in [-0.3, -0.25) is 0 Å². The van der Waals surface area contributed by atoms with Crippen molar-refractivity contribution in [2.45, 2.75) is 38.5 Å². The van der Waals surface area contributed by atoms with Gasteiger partial charge in [-0.15, -0.1) is 0 Å². The van der Waals surface area contributed by atoms with E-state index in [0.29, 0.717) is 0 Å². The van der Waals surface area contributed by atoms with Crippen molar-refractivity contribution in [2.75, 3.05) is 0 Å². The molecule has 0 bridgehead atoms. The highest BCUT2D eigenvalue weighted by Crippen LogP contribution is 2.59. The zero-order valence-electron chi connectivity index (χ0n) is 29.0. The van der Waals surface area contributed by atoms with Crippen molar-refractivity contribution in [3.63, 3.8) is 0 Å². The Balaban J connectivity index is 1.16. The van der Waals surface area contributed by atoms with E-state index in [9.17, 15) is 0 Å². The van der Waals surface area contributed by atoms with Gasteiger partial charge in [0.25, 0.3) is 0 Å². The van der Waals surface area contributed by atoms with E-state index in [1.54, 1.807) is 0 Å². The van der Waals surface area contributed by atoms with Gasteiger partial charge in [0, 0.05) is 10.8 Å². The Morgan fingerprint density at radius 1 is 0.300 bits per heavy atom.